The number of hydrogen-bond donors (Lipinski definition) is 0. The summed E-state index contributed by atoms with van der Waals surface area (Å²) in [6, 6.07) is 7.01. The van der Waals surface area contributed by atoms with Gasteiger partial charge in [0.05, 0.1) is 30.8 Å². The van der Waals surface area contributed by atoms with Crippen molar-refractivity contribution in [1.29, 1.82) is 0 Å². The van der Waals surface area contributed by atoms with Crippen molar-refractivity contribution in [2.75, 3.05) is 13.2 Å². The van der Waals surface area contributed by atoms with Gasteiger partial charge in [0, 0.05) is 18.5 Å². The molecule has 3 saturated heterocycles. The molecule has 9 nitrogen and oxygen atoms in total. The molecular weight excluding hydrogens is 360 g/mol. The van der Waals surface area contributed by atoms with Crippen molar-refractivity contribution in [1.82, 2.24) is 30.0 Å². The average Bonchev–Trinajstić information content (AvgIpc) is 3.44. The van der Waals surface area contributed by atoms with Crippen LogP contribution in [0.4, 0.5) is 0 Å². The first kappa shape index (κ1) is 17.3. The molecule has 1 aromatic heterocycles. The molecule has 0 saturated carbocycles. The third-order valence-corrected chi connectivity index (χ3v) is 6.25. The Labute approximate surface area is 162 Å². The fraction of sp³-hybridized carbons (Fsp3) is 0.526. The maximum Gasteiger partial charge on any atom is 0.254 e. The molecule has 0 N–H and O–H groups in total. The first-order valence-electron chi connectivity index (χ1n) is 9.62. The Morgan fingerprint density at radius 2 is 2.07 bits per heavy atom. The second-order valence-electron chi connectivity index (χ2n) is 8.00. The van der Waals surface area contributed by atoms with E-state index in [2.05, 4.69) is 29.4 Å². The lowest BCUT2D eigenvalue weighted by Crippen LogP contribution is -2.51. The van der Waals surface area contributed by atoms with Crippen LogP contribution in [0.3, 0.4) is 0 Å². The third-order valence-electron chi connectivity index (χ3n) is 6.25. The summed E-state index contributed by atoms with van der Waals surface area (Å²) in [5.41, 5.74) is 0.715. The molecule has 3 fully saturated rings. The van der Waals surface area contributed by atoms with Crippen LogP contribution in [0.5, 0.6) is 0 Å². The van der Waals surface area contributed by atoms with Gasteiger partial charge in [0.2, 0.25) is 5.91 Å². The minimum Gasteiger partial charge on any atom is -0.351 e. The predicted molar refractivity (Wildman–Crippen MR) is 97.4 cm³/mol. The third kappa shape index (κ3) is 2.32. The predicted octanol–water partition coefficient (Wildman–Crippen LogP) is 0.860. The number of amides is 2. The first-order chi connectivity index (χ1) is 13.5. The molecule has 0 unspecified atom stereocenters. The molecule has 1 aromatic carbocycles. The van der Waals surface area contributed by atoms with Crippen LogP contribution in [0.2, 0.25) is 0 Å². The second kappa shape index (κ2) is 6.10. The SMILES string of the molecule is CC(C)[C@@H]1CO[C@@]23CCN(C(=O)c4ccc(-n5cnnn5)cc4)[C@@H]2CC(=O)N13. The highest BCUT2D eigenvalue weighted by Crippen LogP contribution is 2.49. The van der Waals surface area contributed by atoms with Crippen LogP contribution in [0.15, 0.2) is 30.6 Å². The molecule has 9 heteroatoms. The van der Waals surface area contributed by atoms with Crippen molar-refractivity contribution in [2.24, 2.45) is 5.92 Å². The molecule has 3 aliphatic heterocycles. The zero-order valence-corrected chi connectivity index (χ0v) is 15.9. The quantitative estimate of drug-likeness (QED) is 0.782. The Kier molecular flexibility index (Phi) is 3.77. The van der Waals surface area contributed by atoms with Crippen LogP contribution in [0, 0.1) is 5.92 Å². The van der Waals surface area contributed by atoms with Crippen LogP contribution < -0.4 is 0 Å². The summed E-state index contributed by atoms with van der Waals surface area (Å²) in [7, 11) is 0. The van der Waals surface area contributed by atoms with Crippen LogP contribution in [0.1, 0.15) is 37.0 Å². The van der Waals surface area contributed by atoms with Crippen LogP contribution in [-0.4, -0.2) is 72.8 Å². The lowest BCUT2D eigenvalue weighted by atomic mass is 10.0. The van der Waals surface area contributed by atoms with Crippen molar-refractivity contribution < 1.29 is 14.3 Å². The zero-order valence-electron chi connectivity index (χ0n) is 15.9. The topological polar surface area (TPSA) is 93.5 Å². The Balaban J connectivity index is 1.40. The van der Waals surface area contributed by atoms with Gasteiger partial charge in [-0.2, -0.15) is 0 Å². The summed E-state index contributed by atoms with van der Waals surface area (Å²) in [6.07, 6.45) is 2.50. The highest BCUT2D eigenvalue weighted by atomic mass is 16.5. The number of likely N-dealkylation sites (tertiary alicyclic amines) is 1. The van der Waals surface area contributed by atoms with E-state index in [1.807, 2.05) is 21.9 Å². The average molecular weight is 382 g/mol. The maximum absolute atomic E-state index is 13.2. The van der Waals surface area contributed by atoms with Crippen molar-refractivity contribution in [2.45, 2.75) is 44.5 Å². The van der Waals surface area contributed by atoms with E-state index in [1.54, 1.807) is 12.1 Å². The van der Waals surface area contributed by atoms with Crippen molar-refractivity contribution in [3.8, 4) is 5.69 Å². The summed E-state index contributed by atoms with van der Waals surface area (Å²) >= 11 is 0. The fourth-order valence-corrected chi connectivity index (χ4v) is 4.82. The van der Waals surface area contributed by atoms with Gasteiger partial charge in [0.1, 0.15) is 6.33 Å². The molecule has 0 radical (unpaired) electrons. The molecular formula is C19H22N6O3. The molecule has 146 valence electrons. The van der Waals surface area contributed by atoms with Gasteiger partial charge >= 0.3 is 0 Å². The Morgan fingerprint density at radius 3 is 2.75 bits per heavy atom. The second-order valence-corrected chi connectivity index (χ2v) is 8.00. The van der Waals surface area contributed by atoms with E-state index >= 15 is 0 Å². The van der Waals surface area contributed by atoms with E-state index in [-0.39, 0.29) is 23.9 Å². The molecule has 5 rings (SSSR count). The molecule has 4 heterocycles. The van der Waals surface area contributed by atoms with E-state index in [1.165, 1.54) is 11.0 Å². The zero-order chi connectivity index (χ0) is 19.5. The van der Waals surface area contributed by atoms with E-state index in [4.69, 9.17) is 4.74 Å². The summed E-state index contributed by atoms with van der Waals surface area (Å²) in [5, 5.41) is 11.1. The first-order valence-corrected chi connectivity index (χ1v) is 9.62. The molecule has 2 aromatic rings. The number of tetrazole rings is 1. The number of rotatable bonds is 3. The highest BCUT2D eigenvalue weighted by molar-refractivity contribution is 5.96. The van der Waals surface area contributed by atoms with Gasteiger partial charge in [-0.25, -0.2) is 4.68 Å². The van der Waals surface area contributed by atoms with E-state index < -0.39 is 5.72 Å². The van der Waals surface area contributed by atoms with E-state index in [0.29, 0.717) is 37.5 Å². The number of aromatic nitrogens is 4. The monoisotopic (exact) mass is 382 g/mol. The van der Waals surface area contributed by atoms with Crippen LogP contribution >= 0.6 is 0 Å². The van der Waals surface area contributed by atoms with Gasteiger partial charge in [-0.3, -0.25) is 9.59 Å². The number of ether oxygens (including phenoxy) is 1. The minimum atomic E-state index is -0.645. The molecule has 1 spiro atoms. The van der Waals surface area contributed by atoms with Gasteiger partial charge < -0.3 is 14.5 Å². The fourth-order valence-electron chi connectivity index (χ4n) is 4.82. The van der Waals surface area contributed by atoms with Crippen molar-refractivity contribution in [3.05, 3.63) is 36.2 Å². The van der Waals surface area contributed by atoms with E-state index in [9.17, 15) is 9.59 Å². The van der Waals surface area contributed by atoms with Crippen LogP contribution in [-0.2, 0) is 9.53 Å². The highest BCUT2D eigenvalue weighted by Gasteiger charge is 2.65. The molecule has 0 bridgehead atoms. The number of benzene rings is 1. The number of carbonyl (C=O) groups excluding carboxylic acids is 2. The maximum atomic E-state index is 13.2. The number of carbonyl (C=O) groups is 2. The lowest BCUT2D eigenvalue weighted by Gasteiger charge is -2.34. The molecule has 3 aliphatic rings. The summed E-state index contributed by atoms with van der Waals surface area (Å²) in [4.78, 5) is 29.7. The minimum absolute atomic E-state index is 0.0728. The molecule has 28 heavy (non-hydrogen) atoms. The number of hydrogen-bond acceptors (Lipinski definition) is 6. The standard InChI is InChI=1S/C19H22N6O3/c1-12(2)15-10-28-19-7-8-23(16(19)9-17(26)25(15)19)18(27)13-3-5-14(6-4-13)24-11-20-21-22-24/h3-6,11-12,15-16H,7-10H2,1-2H3/t15-,16+,19-/m0/s1. The van der Waals surface area contributed by atoms with Crippen molar-refractivity contribution in [3.63, 3.8) is 0 Å². The van der Waals surface area contributed by atoms with Gasteiger partial charge in [-0.15, -0.1) is 5.10 Å². The van der Waals surface area contributed by atoms with Gasteiger partial charge in [0.25, 0.3) is 5.91 Å². The molecule has 3 atom stereocenters. The normalized spacial score (nSPS) is 28.9. The summed E-state index contributed by atoms with van der Waals surface area (Å²) in [5.74, 6) is 0.342. The summed E-state index contributed by atoms with van der Waals surface area (Å²) < 4.78 is 7.74. The Hall–Kier alpha value is -2.81. The lowest BCUT2D eigenvalue weighted by molar-refractivity contribution is -0.139. The van der Waals surface area contributed by atoms with Crippen molar-refractivity contribution >= 4 is 11.8 Å². The largest absolute Gasteiger partial charge is 0.351 e. The van der Waals surface area contributed by atoms with Crippen LogP contribution in [0.25, 0.3) is 5.69 Å². The van der Waals surface area contributed by atoms with E-state index in [0.717, 1.165) is 5.69 Å². The smallest absolute Gasteiger partial charge is 0.254 e. The van der Waals surface area contributed by atoms with Gasteiger partial charge in [-0.1, -0.05) is 13.8 Å². The Morgan fingerprint density at radius 1 is 1.29 bits per heavy atom. The molecule has 2 amide bonds. The van der Waals surface area contributed by atoms with Gasteiger partial charge in [0.15, 0.2) is 5.72 Å². The number of nitrogens with zero attached hydrogens (tertiary/aromatic N) is 6. The van der Waals surface area contributed by atoms with Gasteiger partial charge in [-0.05, 0) is 40.6 Å². The molecule has 0 aliphatic carbocycles. The summed E-state index contributed by atoms with van der Waals surface area (Å²) in [6.45, 7) is 5.35. The Bertz CT molecular complexity index is 912.